The van der Waals surface area contributed by atoms with E-state index in [9.17, 15) is 0 Å². The van der Waals surface area contributed by atoms with Gasteiger partial charge < -0.3 is 4.57 Å². The summed E-state index contributed by atoms with van der Waals surface area (Å²) in [5.74, 6) is 2.50. The third-order valence-electron chi connectivity index (χ3n) is 2.20. The molecule has 2 heterocycles. The molecule has 1 aliphatic heterocycles. The van der Waals surface area contributed by atoms with Gasteiger partial charge in [0.25, 0.3) is 0 Å². The summed E-state index contributed by atoms with van der Waals surface area (Å²) < 4.78 is 2.08. The maximum absolute atomic E-state index is 5.97. The lowest BCUT2D eigenvalue weighted by molar-refractivity contribution is 0.470. The number of thioether (sulfide) groups is 1. The number of aromatic nitrogens is 2. The van der Waals surface area contributed by atoms with Gasteiger partial charge in [0.15, 0.2) is 0 Å². The van der Waals surface area contributed by atoms with E-state index in [1.165, 1.54) is 24.3 Å². The zero-order valence-electron chi connectivity index (χ0n) is 6.74. The maximum Gasteiger partial charge on any atom is 0.128 e. The lowest BCUT2D eigenvalue weighted by Crippen LogP contribution is -2.14. The minimum Gasteiger partial charge on any atom is -0.319 e. The normalized spacial score (nSPS) is 19.8. The predicted molar refractivity (Wildman–Crippen MR) is 52.8 cm³/mol. The van der Waals surface area contributed by atoms with Crippen molar-refractivity contribution in [2.75, 3.05) is 11.5 Å². The van der Waals surface area contributed by atoms with E-state index in [2.05, 4.69) is 9.55 Å². The van der Waals surface area contributed by atoms with Crippen LogP contribution in [0.2, 0.25) is 5.15 Å². The maximum atomic E-state index is 5.97. The van der Waals surface area contributed by atoms with Crippen LogP contribution in [0, 0.1) is 0 Å². The van der Waals surface area contributed by atoms with Crippen LogP contribution in [-0.2, 0) is 0 Å². The van der Waals surface area contributed by atoms with Crippen molar-refractivity contribution in [3.05, 3.63) is 17.7 Å². The van der Waals surface area contributed by atoms with Crippen LogP contribution in [0.15, 0.2) is 12.5 Å². The molecule has 0 saturated carbocycles. The number of hydrogen-bond acceptors (Lipinski definition) is 2. The number of nitrogens with zero attached hydrogens (tertiary/aromatic N) is 2. The average molecular weight is 203 g/mol. The van der Waals surface area contributed by atoms with Crippen LogP contribution in [0.25, 0.3) is 0 Å². The van der Waals surface area contributed by atoms with Crippen molar-refractivity contribution in [2.24, 2.45) is 0 Å². The van der Waals surface area contributed by atoms with Gasteiger partial charge in [0, 0.05) is 6.04 Å². The summed E-state index contributed by atoms with van der Waals surface area (Å²) in [7, 11) is 0. The van der Waals surface area contributed by atoms with Crippen molar-refractivity contribution in [3.8, 4) is 0 Å². The number of halogens is 1. The van der Waals surface area contributed by atoms with Gasteiger partial charge in [-0.15, -0.1) is 0 Å². The summed E-state index contributed by atoms with van der Waals surface area (Å²) in [5, 5.41) is 0.770. The fraction of sp³-hybridized carbons (Fsp3) is 0.625. The molecular formula is C8H11ClN2S. The fourth-order valence-electron chi connectivity index (χ4n) is 1.52. The first-order valence-electron chi connectivity index (χ1n) is 4.13. The molecule has 4 heteroatoms. The number of hydrogen-bond donors (Lipinski definition) is 0. The van der Waals surface area contributed by atoms with E-state index in [4.69, 9.17) is 11.6 Å². The minimum atomic E-state index is 0.584. The first kappa shape index (κ1) is 8.45. The topological polar surface area (TPSA) is 17.8 Å². The molecule has 12 heavy (non-hydrogen) atoms. The summed E-state index contributed by atoms with van der Waals surface area (Å²) in [6.45, 7) is 0. The highest BCUT2D eigenvalue weighted by molar-refractivity contribution is 7.99. The largest absolute Gasteiger partial charge is 0.319 e. The molecule has 0 unspecified atom stereocenters. The van der Waals surface area contributed by atoms with Crippen LogP contribution in [0.4, 0.5) is 0 Å². The molecule has 1 aromatic rings. The highest BCUT2D eigenvalue weighted by Crippen LogP contribution is 2.28. The zero-order chi connectivity index (χ0) is 8.39. The second-order valence-corrected chi connectivity index (χ2v) is 4.58. The third kappa shape index (κ3) is 1.62. The Kier molecular flexibility index (Phi) is 2.61. The molecular weight excluding hydrogens is 192 g/mol. The van der Waals surface area contributed by atoms with E-state index >= 15 is 0 Å². The Morgan fingerprint density at radius 1 is 1.50 bits per heavy atom. The lowest BCUT2D eigenvalue weighted by Gasteiger charge is -2.23. The molecule has 1 aromatic heterocycles. The molecule has 0 N–H and O–H groups in total. The van der Waals surface area contributed by atoms with Gasteiger partial charge >= 0.3 is 0 Å². The number of imidazole rings is 1. The Labute approximate surface area is 81.3 Å². The molecule has 2 nitrogen and oxygen atoms in total. The molecule has 1 fully saturated rings. The molecule has 0 amide bonds. The Balaban J connectivity index is 2.13. The first-order valence-corrected chi connectivity index (χ1v) is 5.66. The Morgan fingerprint density at radius 2 is 2.25 bits per heavy atom. The monoisotopic (exact) mass is 202 g/mol. The fourth-order valence-corrected chi connectivity index (χ4v) is 2.84. The quantitative estimate of drug-likeness (QED) is 0.697. The van der Waals surface area contributed by atoms with Crippen molar-refractivity contribution in [3.63, 3.8) is 0 Å². The summed E-state index contributed by atoms with van der Waals surface area (Å²) >= 11 is 7.99. The van der Waals surface area contributed by atoms with Crippen LogP contribution < -0.4 is 0 Å². The molecule has 1 saturated heterocycles. The summed E-state index contributed by atoms with van der Waals surface area (Å²) in [5.41, 5.74) is 0. The van der Waals surface area contributed by atoms with Crippen molar-refractivity contribution in [1.29, 1.82) is 0 Å². The van der Waals surface area contributed by atoms with E-state index in [1.807, 2.05) is 18.1 Å². The van der Waals surface area contributed by atoms with E-state index in [1.54, 1.807) is 6.20 Å². The minimum absolute atomic E-state index is 0.584. The lowest BCUT2D eigenvalue weighted by atomic mass is 10.1. The molecule has 1 aliphatic rings. The number of rotatable bonds is 1. The predicted octanol–water partition coefficient (Wildman–Crippen LogP) is 2.60. The zero-order valence-corrected chi connectivity index (χ0v) is 8.31. The van der Waals surface area contributed by atoms with Crippen LogP contribution in [0.3, 0.4) is 0 Å². The SMILES string of the molecule is Clc1cncn1C1CCSCC1. The van der Waals surface area contributed by atoms with Crippen LogP contribution in [-0.4, -0.2) is 21.1 Å². The van der Waals surface area contributed by atoms with Gasteiger partial charge in [-0.05, 0) is 24.3 Å². The van der Waals surface area contributed by atoms with Gasteiger partial charge in [-0.25, -0.2) is 4.98 Å². The van der Waals surface area contributed by atoms with Crippen LogP contribution >= 0.6 is 23.4 Å². The molecule has 0 aromatic carbocycles. The van der Waals surface area contributed by atoms with E-state index in [0.717, 1.165) is 5.15 Å². The Hall–Kier alpha value is -0.150. The molecule has 0 atom stereocenters. The van der Waals surface area contributed by atoms with E-state index < -0.39 is 0 Å². The Morgan fingerprint density at radius 3 is 2.83 bits per heavy atom. The van der Waals surface area contributed by atoms with Gasteiger partial charge in [0.1, 0.15) is 5.15 Å². The van der Waals surface area contributed by atoms with E-state index in [-0.39, 0.29) is 0 Å². The Bertz CT molecular complexity index is 255. The molecule has 0 bridgehead atoms. The van der Waals surface area contributed by atoms with Crippen molar-refractivity contribution in [1.82, 2.24) is 9.55 Å². The molecule has 0 aliphatic carbocycles. The highest BCUT2D eigenvalue weighted by Gasteiger charge is 2.16. The molecule has 0 spiro atoms. The van der Waals surface area contributed by atoms with Gasteiger partial charge in [-0.1, -0.05) is 11.6 Å². The average Bonchev–Trinajstić information content (AvgIpc) is 2.53. The second-order valence-electron chi connectivity index (χ2n) is 2.97. The molecule has 2 rings (SSSR count). The van der Waals surface area contributed by atoms with Crippen molar-refractivity contribution < 1.29 is 0 Å². The smallest absolute Gasteiger partial charge is 0.128 e. The second kappa shape index (κ2) is 3.71. The summed E-state index contributed by atoms with van der Waals surface area (Å²) in [6.07, 6.45) is 5.99. The standard InChI is InChI=1S/C8H11ClN2S/c9-8-5-10-6-11(8)7-1-3-12-4-2-7/h5-7H,1-4H2. The van der Waals surface area contributed by atoms with E-state index in [0.29, 0.717) is 6.04 Å². The summed E-state index contributed by atoms with van der Waals surface area (Å²) in [6, 6.07) is 0.584. The van der Waals surface area contributed by atoms with Gasteiger partial charge in [0.05, 0.1) is 12.5 Å². The third-order valence-corrected chi connectivity index (χ3v) is 3.54. The highest BCUT2D eigenvalue weighted by atomic mass is 35.5. The first-order chi connectivity index (χ1) is 5.88. The van der Waals surface area contributed by atoms with Crippen LogP contribution in [0.1, 0.15) is 18.9 Å². The van der Waals surface area contributed by atoms with Crippen molar-refractivity contribution in [2.45, 2.75) is 18.9 Å². The van der Waals surface area contributed by atoms with Crippen LogP contribution in [0.5, 0.6) is 0 Å². The summed E-state index contributed by atoms with van der Waals surface area (Å²) in [4.78, 5) is 4.02. The molecule has 66 valence electrons. The van der Waals surface area contributed by atoms with Crippen molar-refractivity contribution >= 4 is 23.4 Å². The van der Waals surface area contributed by atoms with Gasteiger partial charge in [-0.2, -0.15) is 11.8 Å². The van der Waals surface area contributed by atoms with Gasteiger partial charge in [0.2, 0.25) is 0 Å². The molecule has 0 radical (unpaired) electrons. The van der Waals surface area contributed by atoms with Gasteiger partial charge in [-0.3, -0.25) is 0 Å².